The molecule has 0 aliphatic heterocycles. The van der Waals surface area contributed by atoms with Crippen LogP contribution in [-0.2, 0) is 13.1 Å². The molecule has 0 spiro atoms. The van der Waals surface area contributed by atoms with Crippen LogP contribution in [0.3, 0.4) is 0 Å². The maximum Gasteiger partial charge on any atom is 0.124 e. The Morgan fingerprint density at radius 1 is 1.39 bits per heavy atom. The fourth-order valence-electron chi connectivity index (χ4n) is 1.69. The third kappa shape index (κ3) is 3.92. The lowest BCUT2D eigenvalue weighted by molar-refractivity contribution is 0.542. The molecule has 5 heteroatoms. The lowest BCUT2D eigenvalue weighted by Gasteiger charge is -2.07. The van der Waals surface area contributed by atoms with Crippen LogP contribution >= 0.6 is 15.9 Å². The van der Waals surface area contributed by atoms with E-state index in [1.807, 2.05) is 16.9 Å². The first kappa shape index (κ1) is 13.2. The van der Waals surface area contributed by atoms with Gasteiger partial charge < -0.3 is 5.32 Å². The number of hydrogen-bond donors (Lipinski definition) is 1. The Balaban J connectivity index is 1.69. The first-order valence-corrected chi connectivity index (χ1v) is 6.67. The van der Waals surface area contributed by atoms with Crippen molar-refractivity contribution in [3.05, 3.63) is 52.5 Å². The number of halogens is 2. The third-order valence-electron chi connectivity index (χ3n) is 2.63. The van der Waals surface area contributed by atoms with Gasteiger partial charge in [-0.1, -0.05) is 22.0 Å². The second-order valence-corrected chi connectivity index (χ2v) is 4.89. The molecular formula is C13H15BrFN3. The van der Waals surface area contributed by atoms with E-state index < -0.39 is 0 Å². The molecule has 1 heterocycles. The minimum Gasteiger partial charge on any atom is -0.313 e. The molecule has 0 fully saturated rings. The van der Waals surface area contributed by atoms with Crippen LogP contribution in [0.15, 0.2) is 41.1 Å². The van der Waals surface area contributed by atoms with Gasteiger partial charge in [-0.3, -0.25) is 4.68 Å². The monoisotopic (exact) mass is 311 g/mol. The topological polar surface area (TPSA) is 29.9 Å². The quantitative estimate of drug-likeness (QED) is 0.831. The summed E-state index contributed by atoms with van der Waals surface area (Å²) in [6.07, 6.45) is 4.75. The first-order chi connectivity index (χ1) is 8.75. The molecule has 0 bridgehead atoms. The van der Waals surface area contributed by atoms with Crippen molar-refractivity contribution in [1.29, 1.82) is 0 Å². The highest BCUT2D eigenvalue weighted by molar-refractivity contribution is 9.10. The van der Waals surface area contributed by atoms with Gasteiger partial charge in [0.15, 0.2) is 0 Å². The molecule has 3 nitrogen and oxygen atoms in total. The number of aromatic nitrogens is 2. The fraction of sp³-hybridized carbons (Fsp3) is 0.308. The van der Waals surface area contributed by atoms with Crippen molar-refractivity contribution in [3.8, 4) is 0 Å². The Morgan fingerprint density at radius 3 is 3.00 bits per heavy atom. The number of hydrogen-bond acceptors (Lipinski definition) is 2. The molecule has 2 aromatic rings. The zero-order valence-electron chi connectivity index (χ0n) is 9.94. The van der Waals surface area contributed by atoms with E-state index >= 15 is 0 Å². The van der Waals surface area contributed by atoms with Crippen LogP contribution in [0.5, 0.6) is 0 Å². The molecule has 0 saturated carbocycles. The van der Waals surface area contributed by atoms with Gasteiger partial charge in [-0.15, -0.1) is 0 Å². The van der Waals surface area contributed by atoms with Gasteiger partial charge in [-0.25, -0.2) is 4.39 Å². The average molecular weight is 312 g/mol. The Morgan fingerprint density at radius 2 is 2.28 bits per heavy atom. The van der Waals surface area contributed by atoms with Crippen molar-refractivity contribution in [3.63, 3.8) is 0 Å². The average Bonchev–Trinajstić information content (AvgIpc) is 2.84. The van der Waals surface area contributed by atoms with E-state index in [2.05, 4.69) is 26.3 Å². The molecule has 1 N–H and O–H groups in total. The molecule has 0 atom stereocenters. The summed E-state index contributed by atoms with van der Waals surface area (Å²) in [4.78, 5) is 0. The van der Waals surface area contributed by atoms with Crippen LogP contribution in [0.1, 0.15) is 12.0 Å². The Labute approximate surface area is 114 Å². The summed E-state index contributed by atoms with van der Waals surface area (Å²) in [5.41, 5.74) is 1.07. The van der Waals surface area contributed by atoms with Crippen molar-refractivity contribution < 1.29 is 4.39 Å². The molecule has 1 aromatic heterocycles. The summed E-state index contributed by atoms with van der Waals surface area (Å²) in [5, 5.41) is 7.47. The molecular weight excluding hydrogens is 297 g/mol. The van der Waals surface area contributed by atoms with Crippen LogP contribution in [0.2, 0.25) is 0 Å². The van der Waals surface area contributed by atoms with E-state index in [1.165, 1.54) is 12.1 Å². The normalized spacial score (nSPS) is 10.8. The summed E-state index contributed by atoms with van der Waals surface area (Å²) in [6.45, 7) is 2.55. The molecule has 0 aliphatic rings. The summed E-state index contributed by atoms with van der Waals surface area (Å²) < 4.78 is 15.6. The first-order valence-electron chi connectivity index (χ1n) is 5.88. The Bertz CT molecular complexity index is 485. The molecule has 0 aliphatic carbocycles. The zero-order valence-corrected chi connectivity index (χ0v) is 11.5. The van der Waals surface area contributed by atoms with Crippen LogP contribution in [-0.4, -0.2) is 16.3 Å². The van der Waals surface area contributed by atoms with E-state index in [1.54, 1.807) is 12.3 Å². The molecule has 1 aromatic carbocycles. The van der Waals surface area contributed by atoms with Gasteiger partial charge in [-0.05, 0) is 36.7 Å². The van der Waals surface area contributed by atoms with Gasteiger partial charge in [0.2, 0.25) is 0 Å². The molecule has 18 heavy (non-hydrogen) atoms. The molecule has 0 saturated heterocycles. The second-order valence-electron chi connectivity index (χ2n) is 4.04. The van der Waals surface area contributed by atoms with E-state index in [-0.39, 0.29) is 5.82 Å². The van der Waals surface area contributed by atoms with Gasteiger partial charge in [0.25, 0.3) is 0 Å². The lowest BCUT2D eigenvalue weighted by atomic mass is 10.2. The molecule has 0 radical (unpaired) electrons. The maximum absolute atomic E-state index is 12.9. The van der Waals surface area contributed by atoms with Crippen molar-refractivity contribution >= 4 is 15.9 Å². The van der Waals surface area contributed by atoms with Gasteiger partial charge in [0.05, 0.1) is 0 Å². The van der Waals surface area contributed by atoms with Crippen molar-refractivity contribution in [2.75, 3.05) is 6.54 Å². The molecule has 0 amide bonds. The van der Waals surface area contributed by atoms with Crippen LogP contribution in [0.25, 0.3) is 0 Å². The Kier molecular flexibility index (Phi) is 4.90. The van der Waals surface area contributed by atoms with Gasteiger partial charge in [0, 0.05) is 30.0 Å². The minimum atomic E-state index is -0.218. The predicted octanol–water partition coefficient (Wildman–Crippen LogP) is 2.96. The van der Waals surface area contributed by atoms with Crippen molar-refractivity contribution in [1.82, 2.24) is 15.1 Å². The summed E-state index contributed by atoms with van der Waals surface area (Å²) >= 11 is 3.35. The molecule has 2 rings (SSSR count). The molecule has 96 valence electrons. The van der Waals surface area contributed by atoms with Gasteiger partial charge in [0.1, 0.15) is 5.82 Å². The Hall–Kier alpha value is -1.20. The predicted molar refractivity (Wildman–Crippen MR) is 72.7 cm³/mol. The largest absolute Gasteiger partial charge is 0.313 e. The summed E-state index contributed by atoms with van der Waals surface area (Å²) in [5.74, 6) is -0.218. The smallest absolute Gasteiger partial charge is 0.124 e. The van der Waals surface area contributed by atoms with E-state index in [4.69, 9.17) is 0 Å². The van der Waals surface area contributed by atoms with Crippen LogP contribution < -0.4 is 5.32 Å². The lowest BCUT2D eigenvalue weighted by Crippen LogP contribution is -2.17. The number of nitrogens with one attached hydrogen (secondary N) is 1. The fourth-order valence-corrected chi connectivity index (χ4v) is 2.18. The van der Waals surface area contributed by atoms with Crippen LogP contribution in [0.4, 0.5) is 4.39 Å². The standard InChI is InChI=1S/C13H15BrFN3/c14-13-9-12(15)4-3-11(13)10-16-5-1-7-18-8-2-6-17-18/h2-4,6,8-9,16H,1,5,7,10H2. The van der Waals surface area contributed by atoms with Crippen LogP contribution in [0, 0.1) is 5.82 Å². The summed E-state index contributed by atoms with van der Waals surface area (Å²) in [6, 6.07) is 6.68. The second kappa shape index (κ2) is 6.66. The summed E-state index contributed by atoms with van der Waals surface area (Å²) in [7, 11) is 0. The van der Waals surface area contributed by atoms with E-state index in [0.717, 1.165) is 36.1 Å². The number of nitrogens with zero attached hydrogens (tertiary/aromatic N) is 2. The number of benzene rings is 1. The SMILES string of the molecule is Fc1ccc(CNCCCn2cccn2)c(Br)c1. The maximum atomic E-state index is 12.9. The zero-order chi connectivity index (χ0) is 12.8. The van der Waals surface area contributed by atoms with Gasteiger partial charge in [-0.2, -0.15) is 5.10 Å². The van der Waals surface area contributed by atoms with Crippen molar-refractivity contribution in [2.24, 2.45) is 0 Å². The third-order valence-corrected chi connectivity index (χ3v) is 3.37. The highest BCUT2D eigenvalue weighted by Gasteiger charge is 2.00. The minimum absolute atomic E-state index is 0.218. The van der Waals surface area contributed by atoms with Crippen molar-refractivity contribution in [2.45, 2.75) is 19.5 Å². The van der Waals surface area contributed by atoms with E-state index in [0.29, 0.717) is 0 Å². The van der Waals surface area contributed by atoms with Gasteiger partial charge >= 0.3 is 0 Å². The molecule has 0 unspecified atom stereocenters. The number of rotatable bonds is 6. The highest BCUT2D eigenvalue weighted by Crippen LogP contribution is 2.17. The number of aryl methyl sites for hydroxylation is 1. The van der Waals surface area contributed by atoms with E-state index in [9.17, 15) is 4.39 Å². The highest BCUT2D eigenvalue weighted by atomic mass is 79.9.